The van der Waals surface area contributed by atoms with Crippen LogP contribution in [-0.4, -0.2) is 108 Å². The van der Waals surface area contributed by atoms with Gasteiger partial charge in [0.25, 0.3) is 0 Å². The molecule has 0 bridgehead atoms. The Kier molecular flexibility index (Phi) is 12.7. The minimum atomic E-state index is -8.83. The molecule has 0 aliphatic heterocycles. The van der Waals surface area contributed by atoms with Crippen molar-refractivity contribution in [3.63, 3.8) is 0 Å². The molecule has 0 aliphatic rings. The first kappa shape index (κ1) is 47.1. The van der Waals surface area contributed by atoms with Crippen LogP contribution >= 0.6 is 0 Å². The van der Waals surface area contributed by atoms with Crippen LogP contribution in [0.3, 0.4) is 0 Å². The standard InChI is InChI=1S/C16H8F28O4Si/c17-5(9(21,22)23,10(24,25)26)1-45-49(46-2-6(18,11(27,28)29)12(30,31)32,47-3-7(19,13(33,34)35)14(36,37)38)48-4-8(20,15(39,40)41)16(42,43)44/h1-4H2. The quantitative estimate of drug-likeness (QED) is 0.146. The molecule has 0 saturated heterocycles. The molecule has 49 heavy (non-hydrogen) atoms. The van der Waals surface area contributed by atoms with Gasteiger partial charge in [-0.3, -0.25) is 0 Å². The Morgan fingerprint density at radius 2 is 0.327 bits per heavy atom. The molecule has 0 radical (unpaired) electrons. The van der Waals surface area contributed by atoms with Crippen LogP contribution in [0.15, 0.2) is 0 Å². The molecule has 4 nitrogen and oxygen atoms in total. The number of rotatable bonds is 12. The van der Waals surface area contributed by atoms with Crippen molar-refractivity contribution in [1.82, 2.24) is 0 Å². The van der Waals surface area contributed by atoms with Crippen LogP contribution in [-0.2, 0) is 17.7 Å². The minimum absolute atomic E-state index is 2.86. The van der Waals surface area contributed by atoms with Gasteiger partial charge in [0.15, 0.2) is 0 Å². The highest BCUT2D eigenvalue weighted by molar-refractivity contribution is 6.53. The van der Waals surface area contributed by atoms with Crippen molar-refractivity contribution < 1.29 is 141 Å². The highest BCUT2D eigenvalue weighted by atomic mass is 28.4. The smallest absolute Gasteiger partial charge is 0.347 e. The number of halogens is 28. The first-order chi connectivity index (χ1) is 20.8. The second-order valence-electron chi connectivity index (χ2n) is 8.84. The van der Waals surface area contributed by atoms with Crippen molar-refractivity contribution in [2.24, 2.45) is 0 Å². The molecule has 0 aromatic heterocycles. The SMILES string of the molecule is FC(F)(F)C(F)(CO[Si](OCC(F)(C(F)(F)F)C(F)(F)F)(OCC(F)(C(F)(F)F)C(F)(F)F)OCC(F)(C(F)(F)F)C(F)(F)F)C(F)(F)F. The summed E-state index contributed by atoms with van der Waals surface area (Å²) in [5.74, 6) is 0. The van der Waals surface area contributed by atoms with E-state index in [2.05, 4.69) is 17.7 Å². The average Bonchev–Trinajstić information content (AvgIpc) is 2.81. The van der Waals surface area contributed by atoms with Crippen LogP contribution in [0.2, 0.25) is 0 Å². The molecule has 0 amide bonds. The molecule has 33 heteroatoms. The monoisotopic (exact) mass is 824 g/mol. The molecule has 0 aliphatic carbocycles. The summed E-state index contributed by atoms with van der Waals surface area (Å²) in [6.07, 6.45) is -61.1. The summed E-state index contributed by atoms with van der Waals surface area (Å²) in [6, 6.07) is 0. The van der Waals surface area contributed by atoms with E-state index in [-0.39, 0.29) is 0 Å². The van der Waals surface area contributed by atoms with Gasteiger partial charge in [0.2, 0.25) is 0 Å². The van der Waals surface area contributed by atoms with Crippen molar-refractivity contribution in [2.45, 2.75) is 72.1 Å². The maximum atomic E-state index is 14.1. The van der Waals surface area contributed by atoms with Gasteiger partial charge in [-0.05, 0) is 0 Å². The van der Waals surface area contributed by atoms with Crippen LogP contribution in [0.25, 0.3) is 0 Å². The summed E-state index contributed by atoms with van der Waals surface area (Å²) in [7, 11) is -8.83. The Bertz CT molecular complexity index is 858. The molecule has 0 aromatic carbocycles. The lowest BCUT2D eigenvalue weighted by Crippen LogP contribution is -2.66. The first-order valence-corrected chi connectivity index (χ1v) is 12.3. The Morgan fingerprint density at radius 3 is 0.408 bits per heavy atom. The average molecular weight is 824 g/mol. The summed E-state index contributed by atoms with van der Waals surface area (Å²) < 4.78 is 377. The number of hydrogen-bond donors (Lipinski definition) is 0. The van der Waals surface area contributed by atoms with Gasteiger partial charge in [0, 0.05) is 0 Å². The van der Waals surface area contributed by atoms with E-state index in [1.54, 1.807) is 0 Å². The zero-order chi connectivity index (χ0) is 40.2. The molecule has 0 atom stereocenters. The maximum Gasteiger partial charge on any atom is 0.680 e. The highest BCUT2D eigenvalue weighted by Gasteiger charge is 2.79. The van der Waals surface area contributed by atoms with Gasteiger partial charge in [-0.25, -0.2) is 17.6 Å². The maximum absolute atomic E-state index is 14.1. The van der Waals surface area contributed by atoms with E-state index in [4.69, 9.17) is 0 Å². The molecular weight excluding hydrogens is 816 g/mol. The zero-order valence-electron chi connectivity index (χ0n) is 21.5. The van der Waals surface area contributed by atoms with Gasteiger partial charge >= 0.3 is 81.1 Å². The molecule has 0 unspecified atom stereocenters. The second kappa shape index (κ2) is 13.3. The third kappa shape index (κ3) is 9.31. The third-order valence-electron chi connectivity index (χ3n) is 5.39. The summed E-state index contributed by atoms with van der Waals surface area (Å²) in [6.45, 7) is -18.0. The molecule has 0 saturated carbocycles. The van der Waals surface area contributed by atoms with Gasteiger partial charge in [0.1, 0.15) is 0 Å². The van der Waals surface area contributed by atoms with Crippen LogP contribution in [0.4, 0.5) is 123 Å². The van der Waals surface area contributed by atoms with E-state index in [0.29, 0.717) is 0 Å². The van der Waals surface area contributed by atoms with Gasteiger partial charge in [-0.1, -0.05) is 0 Å². The lowest BCUT2D eigenvalue weighted by molar-refractivity contribution is -0.362. The first-order valence-electron chi connectivity index (χ1n) is 10.7. The predicted molar refractivity (Wildman–Crippen MR) is 93.4 cm³/mol. The van der Waals surface area contributed by atoms with Crippen molar-refractivity contribution in [3.8, 4) is 0 Å². The fraction of sp³-hybridized carbons (Fsp3) is 1.00. The second-order valence-corrected chi connectivity index (χ2v) is 11.0. The Hall–Kier alpha value is -1.90. The van der Waals surface area contributed by atoms with Gasteiger partial charge < -0.3 is 17.7 Å². The van der Waals surface area contributed by atoms with Crippen molar-refractivity contribution in [2.75, 3.05) is 26.4 Å². The molecule has 0 spiro atoms. The van der Waals surface area contributed by atoms with Gasteiger partial charge in [-0.2, -0.15) is 105 Å². The fourth-order valence-electron chi connectivity index (χ4n) is 2.30. The predicted octanol–water partition coefficient (Wildman–Crippen LogP) is 8.82. The Labute approximate surface area is 249 Å². The number of hydrogen-bond acceptors (Lipinski definition) is 4. The van der Waals surface area contributed by atoms with E-state index in [1.165, 1.54) is 0 Å². The fourth-order valence-corrected chi connectivity index (χ4v) is 4.30. The molecule has 0 heterocycles. The molecule has 0 rings (SSSR count). The molecule has 0 N–H and O–H groups in total. The lowest BCUT2D eigenvalue weighted by Gasteiger charge is -2.39. The van der Waals surface area contributed by atoms with Crippen LogP contribution in [0.5, 0.6) is 0 Å². The Balaban J connectivity index is 7.90. The molecule has 296 valence electrons. The highest BCUT2D eigenvalue weighted by Crippen LogP contribution is 2.51. The van der Waals surface area contributed by atoms with Gasteiger partial charge in [0.05, 0.1) is 26.4 Å². The van der Waals surface area contributed by atoms with Crippen LogP contribution < -0.4 is 0 Å². The van der Waals surface area contributed by atoms with E-state index in [0.717, 1.165) is 0 Å². The van der Waals surface area contributed by atoms with E-state index in [1.807, 2.05) is 0 Å². The van der Waals surface area contributed by atoms with E-state index < -0.39 is 108 Å². The molecular formula is C16H8F28O4Si. The summed E-state index contributed by atoms with van der Waals surface area (Å²) in [5, 5.41) is 0. The number of alkyl halides is 28. The Morgan fingerprint density at radius 1 is 0.224 bits per heavy atom. The van der Waals surface area contributed by atoms with E-state index in [9.17, 15) is 123 Å². The largest absolute Gasteiger partial charge is 0.680 e. The van der Waals surface area contributed by atoms with Gasteiger partial charge in [-0.15, -0.1) is 0 Å². The summed E-state index contributed by atoms with van der Waals surface area (Å²) in [4.78, 5) is 0. The zero-order valence-corrected chi connectivity index (χ0v) is 22.5. The molecule has 0 aromatic rings. The van der Waals surface area contributed by atoms with Crippen LogP contribution in [0, 0.1) is 0 Å². The lowest BCUT2D eigenvalue weighted by atomic mass is 10.1. The van der Waals surface area contributed by atoms with E-state index >= 15 is 0 Å². The van der Waals surface area contributed by atoms with Crippen LogP contribution in [0.1, 0.15) is 0 Å². The third-order valence-corrected chi connectivity index (χ3v) is 7.38. The van der Waals surface area contributed by atoms with Crippen molar-refractivity contribution in [3.05, 3.63) is 0 Å². The summed E-state index contributed by atoms with van der Waals surface area (Å²) in [5.41, 5.74) is -29.3. The normalized spacial score (nSPS) is 16.4. The molecule has 0 fully saturated rings. The van der Waals surface area contributed by atoms with Crippen molar-refractivity contribution >= 4 is 9.05 Å². The topological polar surface area (TPSA) is 36.9 Å². The minimum Gasteiger partial charge on any atom is -0.347 e. The summed E-state index contributed by atoms with van der Waals surface area (Å²) >= 11 is 0. The van der Waals surface area contributed by atoms with Crippen molar-refractivity contribution in [1.29, 1.82) is 0 Å².